The van der Waals surface area contributed by atoms with E-state index in [4.69, 9.17) is 0 Å². The van der Waals surface area contributed by atoms with Crippen molar-refractivity contribution < 1.29 is 0 Å². The first kappa shape index (κ1) is 15.6. The first-order valence-corrected chi connectivity index (χ1v) is 8.11. The van der Waals surface area contributed by atoms with Crippen molar-refractivity contribution in [3.63, 3.8) is 0 Å². The van der Waals surface area contributed by atoms with Gasteiger partial charge in [-0.15, -0.1) is 0 Å². The maximum atomic E-state index is 3.77. The molecule has 0 aliphatic rings. The van der Waals surface area contributed by atoms with Crippen molar-refractivity contribution in [3.8, 4) is 0 Å². The lowest BCUT2D eigenvalue weighted by molar-refractivity contribution is 0.301. The standard InChI is InChI=1S/C16H27NS/c1-13(12-18-5)17-15(11-16(2,3)4)14-9-7-6-8-10-14/h6-10,13,15,17H,11-12H2,1-5H3. The van der Waals surface area contributed by atoms with E-state index in [9.17, 15) is 0 Å². The van der Waals surface area contributed by atoms with E-state index < -0.39 is 0 Å². The SMILES string of the molecule is CSCC(C)NC(CC(C)(C)C)c1ccccc1. The zero-order chi connectivity index (χ0) is 13.6. The predicted octanol–water partition coefficient (Wildman–Crippen LogP) is 4.51. The van der Waals surface area contributed by atoms with Crippen molar-refractivity contribution in [2.75, 3.05) is 12.0 Å². The normalized spacial score (nSPS) is 15.4. The Hall–Kier alpha value is -0.470. The summed E-state index contributed by atoms with van der Waals surface area (Å²) in [6.07, 6.45) is 3.33. The second-order valence-electron chi connectivity index (χ2n) is 6.25. The fourth-order valence-corrected chi connectivity index (χ4v) is 2.81. The van der Waals surface area contributed by atoms with Crippen LogP contribution >= 0.6 is 11.8 Å². The highest BCUT2D eigenvalue weighted by molar-refractivity contribution is 7.98. The van der Waals surface area contributed by atoms with E-state index in [0.717, 1.165) is 12.2 Å². The molecule has 2 unspecified atom stereocenters. The van der Waals surface area contributed by atoms with Gasteiger partial charge in [-0.3, -0.25) is 0 Å². The van der Waals surface area contributed by atoms with Crippen LogP contribution in [-0.2, 0) is 0 Å². The molecule has 1 rings (SSSR count). The van der Waals surface area contributed by atoms with E-state index >= 15 is 0 Å². The third kappa shape index (κ3) is 5.92. The molecule has 2 atom stereocenters. The molecule has 0 spiro atoms. The van der Waals surface area contributed by atoms with Crippen LogP contribution in [0.3, 0.4) is 0 Å². The number of nitrogens with one attached hydrogen (secondary N) is 1. The molecule has 0 saturated heterocycles. The van der Waals surface area contributed by atoms with Gasteiger partial charge < -0.3 is 5.32 Å². The smallest absolute Gasteiger partial charge is 0.0327 e. The minimum atomic E-state index is 0.340. The van der Waals surface area contributed by atoms with Crippen molar-refractivity contribution in [2.24, 2.45) is 5.41 Å². The Balaban J connectivity index is 2.76. The molecule has 102 valence electrons. The van der Waals surface area contributed by atoms with Gasteiger partial charge in [0, 0.05) is 17.8 Å². The van der Waals surface area contributed by atoms with E-state index in [0.29, 0.717) is 17.5 Å². The molecular formula is C16H27NS. The van der Waals surface area contributed by atoms with Crippen LogP contribution < -0.4 is 5.32 Å². The van der Waals surface area contributed by atoms with Gasteiger partial charge in [-0.2, -0.15) is 11.8 Å². The van der Waals surface area contributed by atoms with Crippen molar-refractivity contribution >= 4 is 11.8 Å². The van der Waals surface area contributed by atoms with Gasteiger partial charge in [-0.05, 0) is 30.6 Å². The Morgan fingerprint density at radius 3 is 2.28 bits per heavy atom. The zero-order valence-electron chi connectivity index (χ0n) is 12.4. The number of hydrogen-bond acceptors (Lipinski definition) is 2. The van der Waals surface area contributed by atoms with E-state index in [1.165, 1.54) is 5.56 Å². The highest BCUT2D eigenvalue weighted by Gasteiger charge is 2.21. The average molecular weight is 265 g/mol. The van der Waals surface area contributed by atoms with Gasteiger partial charge in [0.1, 0.15) is 0 Å². The molecule has 0 fully saturated rings. The van der Waals surface area contributed by atoms with Crippen LogP contribution in [-0.4, -0.2) is 18.1 Å². The van der Waals surface area contributed by atoms with Gasteiger partial charge in [-0.1, -0.05) is 51.1 Å². The second-order valence-corrected chi connectivity index (χ2v) is 7.16. The molecular weight excluding hydrogens is 238 g/mol. The molecule has 0 aliphatic carbocycles. The van der Waals surface area contributed by atoms with Crippen LogP contribution in [0.1, 0.15) is 45.7 Å². The molecule has 0 heterocycles. The van der Waals surface area contributed by atoms with Crippen LogP contribution in [0.2, 0.25) is 0 Å². The highest BCUT2D eigenvalue weighted by atomic mass is 32.2. The Kier molecular flexibility index (Phi) is 6.24. The van der Waals surface area contributed by atoms with Crippen LogP contribution in [0.4, 0.5) is 0 Å². The second kappa shape index (κ2) is 7.20. The maximum Gasteiger partial charge on any atom is 0.0327 e. The lowest BCUT2D eigenvalue weighted by Crippen LogP contribution is -2.34. The molecule has 0 aliphatic heterocycles. The van der Waals surface area contributed by atoms with E-state index in [1.807, 2.05) is 11.8 Å². The predicted molar refractivity (Wildman–Crippen MR) is 84.2 cm³/mol. The molecule has 0 saturated carbocycles. The quantitative estimate of drug-likeness (QED) is 0.812. The van der Waals surface area contributed by atoms with Gasteiger partial charge in [0.25, 0.3) is 0 Å². The van der Waals surface area contributed by atoms with E-state index in [1.54, 1.807) is 0 Å². The average Bonchev–Trinajstić information content (AvgIpc) is 2.28. The van der Waals surface area contributed by atoms with Gasteiger partial charge >= 0.3 is 0 Å². The first-order chi connectivity index (χ1) is 8.42. The van der Waals surface area contributed by atoms with E-state index in [2.05, 4.69) is 69.6 Å². The Morgan fingerprint density at radius 1 is 1.17 bits per heavy atom. The molecule has 1 aromatic carbocycles. The zero-order valence-corrected chi connectivity index (χ0v) is 13.2. The summed E-state index contributed by atoms with van der Waals surface area (Å²) < 4.78 is 0. The summed E-state index contributed by atoms with van der Waals surface area (Å²) in [6, 6.07) is 11.8. The van der Waals surface area contributed by atoms with Crippen molar-refractivity contribution in [1.29, 1.82) is 0 Å². The number of thioether (sulfide) groups is 1. The van der Waals surface area contributed by atoms with E-state index in [-0.39, 0.29) is 0 Å². The van der Waals surface area contributed by atoms with Gasteiger partial charge in [-0.25, -0.2) is 0 Å². The van der Waals surface area contributed by atoms with Crippen molar-refractivity contribution in [2.45, 2.75) is 46.2 Å². The van der Waals surface area contributed by atoms with Gasteiger partial charge in [0.2, 0.25) is 0 Å². The van der Waals surface area contributed by atoms with Crippen molar-refractivity contribution in [1.82, 2.24) is 5.32 Å². The summed E-state index contributed by atoms with van der Waals surface area (Å²) in [5.41, 5.74) is 1.74. The minimum Gasteiger partial charge on any atom is -0.307 e. The molecule has 2 heteroatoms. The highest BCUT2D eigenvalue weighted by Crippen LogP contribution is 2.29. The van der Waals surface area contributed by atoms with Crippen LogP contribution in [0.25, 0.3) is 0 Å². The number of hydrogen-bond donors (Lipinski definition) is 1. The molecule has 1 nitrogen and oxygen atoms in total. The topological polar surface area (TPSA) is 12.0 Å². The van der Waals surface area contributed by atoms with Gasteiger partial charge in [0.05, 0.1) is 0 Å². The lowest BCUT2D eigenvalue weighted by atomic mass is 9.85. The van der Waals surface area contributed by atoms with Crippen molar-refractivity contribution in [3.05, 3.63) is 35.9 Å². The third-order valence-electron chi connectivity index (χ3n) is 2.92. The molecule has 1 N–H and O–H groups in total. The largest absolute Gasteiger partial charge is 0.307 e. The summed E-state index contributed by atoms with van der Waals surface area (Å²) in [4.78, 5) is 0. The summed E-state index contributed by atoms with van der Waals surface area (Å²) >= 11 is 1.90. The van der Waals surface area contributed by atoms with Crippen LogP contribution in [0.5, 0.6) is 0 Å². The molecule has 0 aromatic heterocycles. The molecule has 1 aromatic rings. The molecule has 0 radical (unpaired) electrons. The summed E-state index contributed by atoms with van der Waals surface area (Å²) in [7, 11) is 0. The van der Waals surface area contributed by atoms with Crippen LogP contribution in [0, 0.1) is 5.41 Å². The molecule has 18 heavy (non-hydrogen) atoms. The number of benzene rings is 1. The Labute approximate surface area is 117 Å². The van der Waals surface area contributed by atoms with Crippen LogP contribution in [0.15, 0.2) is 30.3 Å². The monoisotopic (exact) mass is 265 g/mol. The summed E-state index contributed by atoms with van der Waals surface area (Å²) in [6.45, 7) is 9.20. The Morgan fingerprint density at radius 2 is 1.78 bits per heavy atom. The Bertz CT molecular complexity index is 329. The maximum absolute atomic E-state index is 3.77. The molecule has 0 bridgehead atoms. The fraction of sp³-hybridized carbons (Fsp3) is 0.625. The van der Waals surface area contributed by atoms with Gasteiger partial charge in [0.15, 0.2) is 0 Å². The fourth-order valence-electron chi connectivity index (χ4n) is 2.21. The lowest BCUT2D eigenvalue weighted by Gasteiger charge is -2.29. The summed E-state index contributed by atoms with van der Waals surface area (Å²) in [5.74, 6) is 1.16. The third-order valence-corrected chi connectivity index (χ3v) is 3.75. The first-order valence-electron chi connectivity index (χ1n) is 6.72. The summed E-state index contributed by atoms with van der Waals surface area (Å²) in [5, 5.41) is 3.77. The minimum absolute atomic E-state index is 0.340. The molecule has 0 amide bonds. The number of rotatable bonds is 6.